The molecule has 4 heteroatoms. The van der Waals surface area contributed by atoms with Crippen molar-refractivity contribution in [3.8, 4) is 0 Å². The predicted octanol–water partition coefficient (Wildman–Crippen LogP) is 8.43. The van der Waals surface area contributed by atoms with E-state index in [2.05, 4.69) is 42.8 Å². The van der Waals surface area contributed by atoms with Crippen LogP contribution in [0.5, 0.6) is 0 Å². The molecule has 0 bridgehead atoms. The summed E-state index contributed by atoms with van der Waals surface area (Å²) in [6.07, 6.45) is 13.7. The zero-order valence-corrected chi connectivity index (χ0v) is 23.3. The number of allylic oxidation sites excluding steroid dienone is 1. The molecule has 0 heterocycles. The zero-order valence-electron chi connectivity index (χ0n) is 21.8. The van der Waals surface area contributed by atoms with Crippen LogP contribution >= 0.6 is 15.9 Å². The summed E-state index contributed by atoms with van der Waals surface area (Å²) >= 11 is 4.14. The minimum Gasteiger partial charge on any atom is -0.462 e. The number of carbonyl (C=O) groups excluding carboxylic acids is 1. The van der Waals surface area contributed by atoms with E-state index in [9.17, 15) is 9.18 Å². The van der Waals surface area contributed by atoms with E-state index in [4.69, 9.17) is 4.74 Å². The van der Waals surface area contributed by atoms with E-state index in [-0.39, 0.29) is 17.5 Å². The molecule has 0 aromatic rings. The van der Waals surface area contributed by atoms with Gasteiger partial charge < -0.3 is 4.74 Å². The van der Waals surface area contributed by atoms with Crippen molar-refractivity contribution in [2.75, 3.05) is 0 Å². The number of fused-ring (bicyclic) bond motifs is 5. The van der Waals surface area contributed by atoms with E-state index < -0.39 is 5.67 Å². The zero-order chi connectivity index (χ0) is 24.2. The summed E-state index contributed by atoms with van der Waals surface area (Å²) in [6, 6.07) is 0. The third kappa shape index (κ3) is 4.60. The second-order valence-corrected chi connectivity index (χ2v) is 14.1. The van der Waals surface area contributed by atoms with Gasteiger partial charge in [0, 0.05) is 17.2 Å². The molecular weight excluding hydrogens is 479 g/mol. The van der Waals surface area contributed by atoms with Crippen LogP contribution in [0.3, 0.4) is 0 Å². The number of esters is 1. The van der Waals surface area contributed by atoms with Crippen LogP contribution in [0.15, 0.2) is 11.6 Å². The molecule has 0 radical (unpaired) electrons. The fraction of sp³-hybridized carbons (Fsp3) is 0.897. The molecule has 4 aliphatic rings. The molecule has 0 aromatic heterocycles. The van der Waals surface area contributed by atoms with Crippen LogP contribution in [-0.2, 0) is 9.53 Å². The fourth-order valence-electron chi connectivity index (χ4n) is 9.04. The van der Waals surface area contributed by atoms with Crippen LogP contribution in [0.25, 0.3) is 0 Å². The quantitative estimate of drug-likeness (QED) is 0.198. The lowest BCUT2D eigenvalue weighted by Crippen LogP contribution is -2.57. The lowest BCUT2D eigenvalue weighted by molar-refractivity contribution is -0.162. The van der Waals surface area contributed by atoms with Crippen LogP contribution in [0.4, 0.5) is 4.39 Å². The van der Waals surface area contributed by atoms with E-state index in [1.165, 1.54) is 31.3 Å². The molecule has 4 aliphatic carbocycles. The number of carbonyl (C=O) groups is 1. The van der Waals surface area contributed by atoms with Crippen LogP contribution in [0, 0.1) is 40.4 Å². The minimum absolute atomic E-state index is 0.0173. The SMILES string of the molecule is CC(=O)O[C@H]1CCCC2=CC(Br)[C@H]3[C@@H]4CC[C@H]([C@H](C)CCCC(C)(C)F)[C@@]4(C)CC[C@@H]3[C@]21C. The molecule has 0 aromatic carbocycles. The summed E-state index contributed by atoms with van der Waals surface area (Å²) in [5.41, 5.74) is 0.828. The molecule has 3 fully saturated rings. The van der Waals surface area contributed by atoms with Gasteiger partial charge in [0.2, 0.25) is 0 Å². The molecule has 0 saturated heterocycles. The number of rotatable bonds is 6. The molecule has 9 atom stereocenters. The Morgan fingerprint density at radius 1 is 1.24 bits per heavy atom. The van der Waals surface area contributed by atoms with Crippen molar-refractivity contribution >= 4 is 21.9 Å². The minimum atomic E-state index is -1.05. The Balaban J connectivity index is 1.56. The lowest BCUT2D eigenvalue weighted by atomic mass is 9.46. The van der Waals surface area contributed by atoms with E-state index >= 15 is 0 Å². The highest BCUT2D eigenvalue weighted by Crippen LogP contribution is 2.68. The standard InChI is InChI=1S/C29H46BrFO2/c1-18(9-8-15-27(3,4)31)21-12-13-22-26-23(14-16-28(21,22)5)29(6)20(17-24(26)30)10-7-11-25(29)33-19(2)32/h17-18,21-26H,7-16H2,1-6H3/t18-,21-,22+,23+,24?,25+,26+,28-,29+/m1/s1. The Morgan fingerprint density at radius 3 is 2.64 bits per heavy atom. The van der Waals surface area contributed by atoms with Gasteiger partial charge in [0.05, 0.1) is 0 Å². The summed E-state index contributed by atoms with van der Waals surface area (Å²) in [6.45, 7) is 12.4. The van der Waals surface area contributed by atoms with E-state index in [0.29, 0.717) is 40.3 Å². The van der Waals surface area contributed by atoms with Crippen molar-refractivity contribution in [2.24, 2.45) is 40.4 Å². The highest BCUT2D eigenvalue weighted by Gasteiger charge is 2.62. The summed E-state index contributed by atoms with van der Waals surface area (Å²) in [7, 11) is 0. The molecule has 4 rings (SSSR count). The van der Waals surface area contributed by atoms with Gasteiger partial charge in [-0.1, -0.05) is 61.2 Å². The summed E-state index contributed by atoms with van der Waals surface area (Å²) in [5, 5.41) is 0. The van der Waals surface area contributed by atoms with Crippen LogP contribution in [0.1, 0.15) is 106 Å². The van der Waals surface area contributed by atoms with E-state index in [1.54, 1.807) is 20.8 Å². The smallest absolute Gasteiger partial charge is 0.302 e. The van der Waals surface area contributed by atoms with Gasteiger partial charge in [-0.15, -0.1) is 0 Å². The number of ether oxygens (including phenoxy) is 1. The highest BCUT2D eigenvalue weighted by atomic mass is 79.9. The van der Waals surface area contributed by atoms with Gasteiger partial charge in [-0.3, -0.25) is 4.79 Å². The molecule has 33 heavy (non-hydrogen) atoms. The predicted molar refractivity (Wildman–Crippen MR) is 137 cm³/mol. The Bertz CT molecular complexity index is 772. The number of halogens is 2. The first-order valence-electron chi connectivity index (χ1n) is 13.6. The summed E-state index contributed by atoms with van der Waals surface area (Å²) in [5.74, 6) is 3.15. The van der Waals surface area contributed by atoms with Crippen LogP contribution in [-0.4, -0.2) is 22.6 Å². The van der Waals surface area contributed by atoms with Crippen LogP contribution < -0.4 is 0 Å². The summed E-state index contributed by atoms with van der Waals surface area (Å²) < 4.78 is 20.0. The molecular formula is C29H46BrFO2. The molecule has 0 aliphatic heterocycles. The molecule has 3 saturated carbocycles. The third-order valence-electron chi connectivity index (χ3n) is 10.6. The molecule has 0 amide bonds. The summed E-state index contributed by atoms with van der Waals surface area (Å²) in [4.78, 5) is 12.4. The van der Waals surface area contributed by atoms with Crippen molar-refractivity contribution < 1.29 is 13.9 Å². The number of alkyl halides is 2. The Morgan fingerprint density at radius 2 is 1.97 bits per heavy atom. The van der Waals surface area contributed by atoms with Crippen molar-refractivity contribution in [1.29, 1.82) is 0 Å². The topological polar surface area (TPSA) is 26.3 Å². The molecule has 2 nitrogen and oxygen atoms in total. The highest BCUT2D eigenvalue weighted by molar-refractivity contribution is 9.09. The van der Waals surface area contributed by atoms with Gasteiger partial charge in [-0.05, 0) is 100 Å². The van der Waals surface area contributed by atoms with Crippen molar-refractivity contribution in [3.05, 3.63) is 11.6 Å². The van der Waals surface area contributed by atoms with Crippen molar-refractivity contribution in [2.45, 2.75) is 122 Å². The van der Waals surface area contributed by atoms with Gasteiger partial charge in [0.1, 0.15) is 11.8 Å². The maximum absolute atomic E-state index is 14.0. The monoisotopic (exact) mass is 524 g/mol. The first kappa shape index (κ1) is 25.7. The first-order chi connectivity index (χ1) is 15.4. The molecule has 188 valence electrons. The number of hydrogen-bond acceptors (Lipinski definition) is 2. The van der Waals surface area contributed by atoms with Gasteiger partial charge in [0.15, 0.2) is 0 Å². The van der Waals surface area contributed by atoms with Gasteiger partial charge in [0.25, 0.3) is 0 Å². The van der Waals surface area contributed by atoms with Gasteiger partial charge >= 0.3 is 5.97 Å². The maximum atomic E-state index is 14.0. The van der Waals surface area contributed by atoms with Gasteiger partial charge in [-0.2, -0.15) is 0 Å². The molecule has 0 N–H and O–H groups in total. The van der Waals surface area contributed by atoms with Crippen molar-refractivity contribution in [1.82, 2.24) is 0 Å². The largest absolute Gasteiger partial charge is 0.462 e. The van der Waals surface area contributed by atoms with Crippen molar-refractivity contribution in [3.63, 3.8) is 0 Å². The normalized spacial score (nSPS) is 43.7. The van der Waals surface area contributed by atoms with Gasteiger partial charge in [-0.25, -0.2) is 4.39 Å². The Kier molecular flexibility index (Phi) is 7.20. The average Bonchev–Trinajstić information content (AvgIpc) is 3.05. The Labute approximate surface area is 210 Å². The molecule has 0 spiro atoms. The average molecular weight is 526 g/mol. The Hall–Kier alpha value is -0.380. The van der Waals surface area contributed by atoms with E-state index in [1.807, 2.05) is 0 Å². The second kappa shape index (κ2) is 9.25. The lowest BCUT2D eigenvalue weighted by Gasteiger charge is -2.60. The second-order valence-electron chi connectivity index (χ2n) is 13.0. The number of hydrogen-bond donors (Lipinski definition) is 0. The molecule has 1 unspecified atom stereocenters. The third-order valence-corrected chi connectivity index (χ3v) is 11.5. The first-order valence-corrected chi connectivity index (χ1v) is 14.5. The van der Waals surface area contributed by atoms with Crippen LogP contribution in [0.2, 0.25) is 0 Å². The fourth-order valence-corrected chi connectivity index (χ4v) is 10.1. The van der Waals surface area contributed by atoms with E-state index in [0.717, 1.165) is 38.0 Å². The maximum Gasteiger partial charge on any atom is 0.302 e.